The van der Waals surface area contributed by atoms with Crippen molar-refractivity contribution in [3.63, 3.8) is 0 Å². The van der Waals surface area contributed by atoms with Crippen molar-refractivity contribution < 1.29 is 17.7 Å². The number of carbonyl (C=O) groups excluding carboxylic acids is 1. The summed E-state index contributed by atoms with van der Waals surface area (Å²) in [5.74, 6) is 1.01. The number of rotatable bonds is 5. The summed E-state index contributed by atoms with van der Waals surface area (Å²) in [5.41, 5.74) is 1.76. The summed E-state index contributed by atoms with van der Waals surface area (Å²) >= 11 is 5.74. The first-order chi connectivity index (χ1) is 10.4. The molecule has 1 heterocycles. The Morgan fingerprint density at radius 3 is 2.91 bits per heavy atom. The fraction of sp³-hybridized carbons (Fsp3) is 0.571. The number of amides is 1. The standard InChI is InChI=1S/C14H17ClN2O4S/c1-22(19,20)9-4-2-8(3-5-9)14(18)16-7-10-12-11(6-15)17-21-13(10)12/h4,8,10H,2-3,5-7H2,1H3,(H,16,18). The Balaban J connectivity index is 1.50. The lowest BCUT2D eigenvalue weighted by Crippen LogP contribution is -2.33. The number of hydrogen-bond acceptors (Lipinski definition) is 5. The third-order valence-corrected chi connectivity index (χ3v) is 5.81. The van der Waals surface area contributed by atoms with E-state index in [9.17, 15) is 13.2 Å². The molecule has 0 saturated carbocycles. The molecule has 2 atom stereocenters. The van der Waals surface area contributed by atoms with Gasteiger partial charge in [-0.15, -0.1) is 11.6 Å². The van der Waals surface area contributed by atoms with Crippen LogP contribution in [0.25, 0.3) is 0 Å². The first-order valence-electron chi connectivity index (χ1n) is 7.13. The Morgan fingerprint density at radius 2 is 2.32 bits per heavy atom. The van der Waals surface area contributed by atoms with Crippen LogP contribution in [0.2, 0.25) is 0 Å². The van der Waals surface area contributed by atoms with Gasteiger partial charge in [0, 0.05) is 29.2 Å². The molecule has 2 aliphatic carbocycles. The van der Waals surface area contributed by atoms with Crippen LogP contribution in [0.4, 0.5) is 0 Å². The molecule has 0 fully saturated rings. The first kappa shape index (κ1) is 15.6. The fourth-order valence-corrected chi connectivity index (χ4v) is 3.96. The Bertz CT molecular complexity index is 738. The van der Waals surface area contributed by atoms with Gasteiger partial charge in [-0.3, -0.25) is 4.79 Å². The highest BCUT2D eigenvalue weighted by atomic mass is 35.5. The van der Waals surface area contributed by atoms with E-state index in [1.165, 1.54) is 6.26 Å². The molecule has 1 aromatic heterocycles. The highest BCUT2D eigenvalue weighted by molar-refractivity contribution is 7.94. The molecular formula is C14H17ClN2O4S. The summed E-state index contributed by atoms with van der Waals surface area (Å²) < 4.78 is 28.0. The number of nitrogens with zero attached hydrogens (tertiary/aromatic N) is 1. The maximum atomic E-state index is 12.2. The summed E-state index contributed by atoms with van der Waals surface area (Å²) in [4.78, 5) is 12.6. The molecule has 1 aromatic rings. The zero-order valence-electron chi connectivity index (χ0n) is 12.1. The van der Waals surface area contributed by atoms with E-state index in [1.807, 2.05) is 0 Å². The summed E-state index contributed by atoms with van der Waals surface area (Å²) in [7, 11) is -3.13. The van der Waals surface area contributed by atoms with Gasteiger partial charge in [0.1, 0.15) is 11.5 Å². The van der Waals surface area contributed by atoms with E-state index >= 15 is 0 Å². The number of nitrogens with one attached hydrogen (secondary N) is 1. The number of hydrogen-bond donors (Lipinski definition) is 1. The van der Waals surface area contributed by atoms with E-state index in [2.05, 4.69) is 10.5 Å². The van der Waals surface area contributed by atoms with Crippen molar-refractivity contribution in [1.82, 2.24) is 10.5 Å². The van der Waals surface area contributed by atoms with E-state index in [4.69, 9.17) is 16.1 Å². The lowest BCUT2D eigenvalue weighted by Gasteiger charge is -2.20. The van der Waals surface area contributed by atoms with Crippen LogP contribution in [0, 0.1) is 5.92 Å². The zero-order chi connectivity index (χ0) is 15.9. The van der Waals surface area contributed by atoms with Crippen molar-refractivity contribution in [3.8, 4) is 0 Å². The molecule has 120 valence electrons. The van der Waals surface area contributed by atoms with Crippen molar-refractivity contribution in [2.24, 2.45) is 5.92 Å². The number of sulfone groups is 1. The molecule has 0 aliphatic heterocycles. The summed E-state index contributed by atoms with van der Waals surface area (Å²) in [6, 6.07) is 0. The number of halogens is 1. The lowest BCUT2D eigenvalue weighted by molar-refractivity contribution is -0.125. The fourth-order valence-electron chi connectivity index (χ4n) is 2.88. The summed E-state index contributed by atoms with van der Waals surface area (Å²) in [6.07, 6.45) is 4.33. The number of carbonyl (C=O) groups is 1. The van der Waals surface area contributed by atoms with Gasteiger partial charge in [0.05, 0.1) is 11.8 Å². The smallest absolute Gasteiger partial charge is 0.223 e. The van der Waals surface area contributed by atoms with Crippen molar-refractivity contribution in [2.75, 3.05) is 12.8 Å². The molecular weight excluding hydrogens is 328 g/mol. The van der Waals surface area contributed by atoms with Gasteiger partial charge in [0.2, 0.25) is 5.91 Å². The number of alkyl halides is 1. The van der Waals surface area contributed by atoms with Crippen molar-refractivity contribution in [2.45, 2.75) is 31.1 Å². The van der Waals surface area contributed by atoms with Crippen LogP contribution in [0.15, 0.2) is 15.5 Å². The van der Waals surface area contributed by atoms with Gasteiger partial charge in [-0.2, -0.15) is 0 Å². The predicted molar refractivity (Wildman–Crippen MR) is 81.2 cm³/mol. The largest absolute Gasteiger partial charge is 0.360 e. The molecule has 2 aliphatic rings. The van der Waals surface area contributed by atoms with Crippen LogP contribution < -0.4 is 5.32 Å². The third kappa shape index (κ3) is 2.92. The van der Waals surface area contributed by atoms with Crippen LogP contribution >= 0.6 is 11.6 Å². The molecule has 22 heavy (non-hydrogen) atoms. The van der Waals surface area contributed by atoms with Crippen LogP contribution in [-0.2, 0) is 20.5 Å². The molecule has 1 N–H and O–H groups in total. The average Bonchev–Trinajstić information content (AvgIpc) is 3.00. The molecule has 0 spiro atoms. The summed E-state index contributed by atoms with van der Waals surface area (Å²) in [5, 5.41) is 6.72. The van der Waals surface area contributed by atoms with Gasteiger partial charge in [-0.25, -0.2) is 8.42 Å². The second kappa shape index (κ2) is 5.70. The third-order valence-electron chi connectivity index (χ3n) is 4.24. The van der Waals surface area contributed by atoms with Gasteiger partial charge >= 0.3 is 0 Å². The highest BCUT2D eigenvalue weighted by Gasteiger charge is 2.42. The maximum absolute atomic E-state index is 12.2. The molecule has 6 nitrogen and oxygen atoms in total. The molecule has 0 saturated heterocycles. The molecule has 8 heteroatoms. The predicted octanol–water partition coefficient (Wildman–Crippen LogP) is 1.70. The number of aromatic nitrogens is 1. The minimum atomic E-state index is -3.13. The van der Waals surface area contributed by atoms with Gasteiger partial charge in [0.15, 0.2) is 9.84 Å². The van der Waals surface area contributed by atoms with Crippen LogP contribution in [0.5, 0.6) is 0 Å². The van der Waals surface area contributed by atoms with Crippen molar-refractivity contribution in [3.05, 3.63) is 28.0 Å². The molecule has 2 unspecified atom stereocenters. The minimum absolute atomic E-state index is 0.0423. The van der Waals surface area contributed by atoms with E-state index < -0.39 is 9.84 Å². The Hall–Kier alpha value is -1.34. The topological polar surface area (TPSA) is 89.3 Å². The van der Waals surface area contributed by atoms with Crippen molar-refractivity contribution in [1.29, 1.82) is 0 Å². The minimum Gasteiger partial charge on any atom is -0.360 e. The monoisotopic (exact) mass is 344 g/mol. The highest BCUT2D eigenvalue weighted by Crippen LogP contribution is 2.45. The quantitative estimate of drug-likeness (QED) is 0.821. The molecule has 3 rings (SSSR count). The Morgan fingerprint density at radius 1 is 1.55 bits per heavy atom. The van der Waals surface area contributed by atoms with E-state index in [0.717, 1.165) is 17.0 Å². The van der Waals surface area contributed by atoms with Crippen LogP contribution in [0.3, 0.4) is 0 Å². The number of fused-ring (bicyclic) bond motifs is 1. The SMILES string of the molecule is CS(=O)(=O)C1=CCC(C(=O)NCC2c3onc(CCl)c32)CC1. The molecule has 0 radical (unpaired) electrons. The Kier molecular flexibility index (Phi) is 4.03. The second-order valence-corrected chi connectivity index (χ2v) is 8.09. The second-order valence-electron chi connectivity index (χ2n) is 5.75. The lowest BCUT2D eigenvalue weighted by atomic mass is 9.93. The first-order valence-corrected chi connectivity index (χ1v) is 9.55. The zero-order valence-corrected chi connectivity index (χ0v) is 13.7. The van der Waals surface area contributed by atoms with E-state index in [-0.39, 0.29) is 17.7 Å². The maximum Gasteiger partial charge on any atom is 0.223 e. The van der Waals surface area contributed by atoms with Crippen molar-refractivity contribution >= 4 is 27.3 Å². The average molecular weight is 345 g/mol. The summed E-state index contributed by atoms with van der Waals surface area (Å²) in [6.45, 7) is 0.485. The van der Waals surface area contributed by atoms with E-state index in [1.54, 1.807) is 6.08 Å². The normalized spacial score (nSPS) is 23.6. The van der Waals surface area contributed by atoms with Gasteiger partial charge in [-0.05, 0) is 19.3 Å². The van der Waals surface area contributed by atoms with E-state index in [0.29, 0.717) is 36.6 Å². The molecule has 0 bridgehead atoms. The van der Waals surface area contributed by atoms with Crippen LogP contribution in [-0.4, -0.2) is 32.3 Å². The van der Waals surface area contributed by atoms with Crippen LogP contribution in [0.1, 0.15) is 42.2 Å². The molecule has 0 aromatic carbocycles. The van der Waals surface area contributed by atoms with Gasteiger partial charge < -0.3 is 9.84 Å². The van der Waals surface area contributed by atoms with Gasteiger partial charge in [-0.1, -0.05) is 11.2 Å². The van der Waals surface area contributed by atoms with Gasteiger partial charge in [0.25, 0.3) is 0 Å². The Labute approximate surface area is 133 Å². The molecule has 1 amide bonds. The number of allylic oxidation sites excluding steroid dienone is 2.